The molecule has 1 aliphatic carbocycles. The molecule has 2 aliphatic rings. The van der Waals surface area contributed by atoms with Gasteiger partial charge in [0.05, 0.1) is 6.61 Å². The summed E-state index contributed by atoms with van der Waals surface area (Å²) in [6.07, 6.45) is 3.44. The third-order valence-electron chi connectivity index (χ3n) is 6.31. The van der Waals surface area contributed by atoms with Crippen molar-refractivity contribution in [2.45, 2.75) is 46.0 Å². The molecule has 0 aromatic heterocycles. The van der Waals surface area contributed by atoms with Gasteiger partial charge in [-0.25, -0.2) is 4.39 Å². The second-order valence-corrected chi connectivity index (χ2v) is 9.12. The van der Waals surface area contributed by atoms with Gasteiger partial charge < -0.3 is 14.2 Å². The minimum Gasteiger partial charge on any atom is -0.493 e. The van der Waals surface area contributed by atoms with Crippen LogP contribution in [0.5, 0.6) is 17.2 Å². The molecule has 3 nitrogen and oxygen atoms in total. The Kier molecular flexibility index (Phi) is 5.22. The van der Waals surface area contributed by atoms with Gasteiger partial charge in [0.2, 0.25) is 6.79 Å². The molecule has 2 aromatic rings. The van der Waals surface area contributed by atoms with Crippen LogP contribution in [0.2, 0.25) is 0 Å². The van der Waals surface area contributed by atoms with E-state index in [0.29, 0.717) is 24.4 Å². The van der Waals surface area contributed by atoms with E-state index >= 15 is 0 Å². The van der Waals surface area contributed by atoms with Crippen molar-refractivity contribution >= 4 is 0 Å². The zero-order valence-corrected chi connectivity index (χ0v) is 16.9. The molecule has 0 saturated heterocycles. The Hall–Kier alpha value is -2.23. The van der Waals surface area contributed by atoms with Crippen LogP contribution < -0.4 is 14.2 Å². The molecule has 2 aromatic carbocycles. The van der Waals surface area contributed by atoms with Crippen LogP contribution in [0.15, 0.2) is 42.5 Å². The van der Waals surface area contributed by atoms with E-state index in [2.05, 4.69) is 20.8 Å². The first-order chi connectivity index (χ1) is 13.4. The van der Waals surface area contributed by atoms with Gasteiger partial charge in [0.15, 0.2) is 11.5 Å². The third-order valence-corrected chi connectivity index (χ3v) is 6.31. The lowest BCUT2D eigenvalue weighted by molar-refractivity contribution is 0.0938. The van der Waals surface area contributed by atoms with E-state index in [1.54, 1.807) is 12.1 Å². The number of hydrogen-bond donors (Lipinski definition) is 0. The maximum Gasteiger partial charge on any atom is 0.231 e. The summed E-state index contributed by atoms with van der Waals surface area (Å²) in [5.41, 5.74) is 1.50. The fourth-order valence-corrected chi connectivity index (χ4v) is 4.55. The van der Waals surface area contributed by atoms with Crippen LogP contribution >= 0.6 is 0 Å². The predicted octanol–water partition coefficient (Wildman–Crippen LogP) is 6.18. The molecule has 1 heterocycles. The largest absolute Gasteiger partial charge is 0.493 e. The summed E-state index contributed by atoms with van der Waals surface area (Å²) in [6, 6.07) is 12.7. The molecule has 0 N–H and O–H groups in total. The molecular formula is C24H29FO3. The number of ether oxygens (including phenoxy) is 3. The van der Waals surface area contributed by atoms with Crippen LogP contribution in [0.1, 0.15) is 51.5 Å². The van der Waals surface area contributed by atoms with Gasteiger partial charge in [0.1, 0.15) is 11.6 Å². The van der Waals surface area contributed by atoms with E-state index in [9.17, 15) is 4.39 Å². The van der Waals surface area contributed by atoms with E-state index < -0.39 is 0 Å². The molecule has 0 radical (unpaired) electrons. The topological polar surface area (TPSA) is 27.7 Å². The Morgan fingerprint density at radius 2 is 1.75 bits per heavy atom. The lowest BCUT2D eigenvalue weighted by Gasteiger charge is -2.42. The first kappa shape index (κ1) is 19.1. The lowest BCUT2D eigenvalue weighted by Crippen LogP contribution is -2.33. The van der Waals surface area contributed by atoms with Crippen LogP contribution in [0.3, 0.4) is 0 Å². The Balaban J connectivity index is 1.51. The van der Waals surface area contributed by atoms with Crippen LogP contribution in [0, 0.1) is 23.1 Å². The van der Waals surface area contributed by atoms with E-state index in [4.69, 9.17) is 14.2 Å². The zero-order chi connectivity index (χ0) is 19.7. The maximum atomic E-state index is 13.4. The molecular weight excluding hydrogens is 355 g/mol. The van der Waals surface area contributed by atoms with Gasteiger partial charge in [-0.05, 0) is 66.3 Å². The van der Waals surface area contributed by atoms with Gasteiger partial charge >= 0.3 is 0 Å². The number of hydrogen-bond acceptors (Lipinski definition) is 3. The average Bonchev–Trinajstić information content (AvgIpc) is 3.14. The predicted molar refractivity (Wildman–Crippen MR) is 107 cm³/mol. The molecule has 0 bridgehead atoms. The highest BCUT2D eigenvalue weighted by atomic mass is 19.1. The first-order valence-corrected chi connectivity index (χ1v) is 10.2. The molecule has 0 unspecified atom stereocenters. The number of benzene rings is 2. The second-order valence-electron chi connectivity index (χ2n) is 9.12. The summed E-state index contributed by atoms with van der Waals surface area (Å²) in [5, 5.41) is 0. The third kappa shape index (κ3) is 4.11. The van der Waals surface area contributed by atoms with E-state index in [-0.39, 0.29) is 18.0 Å². The Labute approximate surface area is 166 Å². The van der Waals surface area contributed by atoms with Crippen molar-refractivity contribution in [3.63, 3.8) is 0 Å². The molecule has 0 amide bonds. The molecule has 150 valence electrons. The van der Waals surface area contributed by atoms with Crippen molar-refractivity contribution < 1.29 is 18.6 Å². The van der Waals surface area contributed by atoms with Gasteiger partial charge in [0, 0.05) is 12.0 Å². The summed E-state index contributed by atoms with van der Waals surface area (Å²) >= 11 is 0. The fraction of sp³-hybridized carbons (Fsp3) is 0.500. The molecule has 4 rings (SSSR count). The Morgan fingerprint density at radius 3 is 2.50 bits per heavy atom. The van der Waals surface area contributed by atoms with Gasteiger partial charge in [-0.1, -0.05) is 32.9 Å². The quantitative estimate of drug-likeness (QED) is 0.630. The van der Waals surface area contributed by atoms with Crippen LogP contribution in [0.4, 0.5) is 4.39 Å². The van der Waals surface area contributed by atoms with Crippen LogP contribution in [0.25, 0.3) is 0 Å². The van der Waals surface area contributed by atoms with Crippen LogP contribution in [-0.4, -0.2) is 13.4 Å². The standard InChI is InChI=1S/C24H29FO3/c1-24(2,3)18-6-10-21(16-4-7-19(25)8-5-16)17(12-18)14-26-20-9-11-22-23(13-20)28-15-27-22/h4-5,7-9,11,13,17-18,21H,6,10,12,14-15H2,1-3H3/t17-,18+,21-/m0/s1. The van der Waals surface area contributed by atoms with Crippen molar-refractivity contribution in [1.29, 1.82) is 0 Å². The van der Waals surface area contributed by atoms with Gasteiger partial charge in [-0.3, -0.25) is 0 Å². The van der Waals surface area contributed by atoms with E-state index in [1.165, 1.54) is 12.0 Å². The highest BCUT2D eigenvalue weighted by Gasteiger charge is 2.37. The average molecular weight is 384 g/mol. The summed E-state index contributed by atoms with van der Waals surface area (Å²) in [6.45, 7) is 7.89. The van der Waals surface area contributed by atoms with Crippen molar-refractivity contribution in [1.82, 2.24) is 0 Å². The first-order valence-electron chi connectivity index (χ1n) is 10.2. The fourth-order valence-electron chi connectivity index (χ4n) is 4.55. The Morgan fingerprint density at radius 1 is 1.00 bits per heavy atom. The lowest BCUT2D eigenvalue weighted by atomic mass is 9.64. The maximum absolute atomic E-state index is 13.4. The minimum absolute atomic E-state index is 0.180. The molecule has 3 atom stereocenters. The Bertz CT molecular complexity index is 810. The SMILES string of the molecule is CC(C)(C)[C@@H]1CC[C@@H](c2ccc(F)cc2)[C@H](COc2ccc3c(c2)OCO3)C1. The van der Waals surface area contributed by atoms with E-state index in [0.717, 1.165) is 30.1 Å². The highest BCUT2D eigenvalue weighted by molar-refractivity contribution is 5.46. The molecule has 1 saturated carbocycles. The molecule has 28 heavy (non-hydrogen) atoms. The van der Waals surface area contributed by atoms with Gasteiger partial charge in [-0.15, -0.1) is 0 Å². The normalized spacial score (nSPS) is 24.2. The van der Waals surface area contributed by atoms with Crippen molar-refractivity contribution in [2.75, 3.05) is 13.4 Å². The smallest absolute Gasteiger partial charge is 0.231 e. The highest BCUT2D eigenvalue weighted by Crippen LogP contribution is 2.47. The molecule has 1 fully saturated rings. The van der Waals surface area contributed by atoms with Gasteiger partial charge in [0.25, 0.3) is 0 Å². The van der Waals surface area contributed by atoms with Crippen molar-refractivity contribution in [2.24, 2.45) is 17.3 Å². The second kappa shape index (κ2) is 7.65. The molecule has 0 spiro atoms. The molecule has 4 heteroatoms. The summed E-state index contributed by atoms with van der Waals surface area (Å²) in [5.74, 6) is 3.59. The summed E-state index contributed by atoms with van der Waals surface area (Å²) in [7, 11) is 0. The minimum atomic E-state index is -0.180. The van der Waals surface area contributed by atoms with Crippen molar-refractivity contribution in [3.8, 4) is 17.2 Å². The summed E-state index contributed by atoms with van der Waals surface area (Å²) < 4.78 is 30.4. The van der Waals surface area contributed by atoms with Crippen molar-refractivity contribution in [3.05, 3.63) is 53.8 Å². The summed E-state index contributed by atoms with van der Waals surface area (Å²) in [4.78, 5) is 0. The number of halogens is 1. The van der Waals surface area contributed by atoms with E-state index in [1.807, 2.05) is 30.3 Å². The van der Waals surface area contributed by atoms with Crippen LogP contribution in [-0.2, 0) is 0 Å². The number of rotatable bonds is 4. The number of fused-ring (bicyclic) bond motifs is 1. The monoisotopic (exact) mass is 384 g/mol. The molecule has 1 aliphatic heterocycles. The zero-order valence-electron chi connectivity index (χ0n) is 16.9. The van der Waals surface area contributed by atoms with Gasteiger partial charge in [-0.2, -0.15) is 0 Å².